The van der Waals surface area contributed by atoms with E-state index in [9.17, 15) is 4.79 Å². The van der Waals surface area contributed by atoms with Gasteiger partial charge in [-0.05, 0) is 24.6 Å². The van der Waals surface area contributed by atoms with E-state index in [-0.39, 0.29) is 17.6 Å². The number of nitrogens with zero attached hydrogens (tertiary/aromatic N) is 2. The lowest BCUT2D eigenvalue weighted by Gasteiger charge is -2.23. The lowest BCUT2D eigenvalue weighted by Crippen LogP contribution is -2.34. The quantitative estimate of drug-likeness (QED) is 0.751. The highest BCUT2D eigenvalue weighted by Crippen LogP contribution is 2.19. The van der Waals surface area contributed by atoms with Crippen molar-refractivity contribution >= 4 is 11.0 Å². The molecule has 25 heavy (non-hydrogen) atoms. The predicted molar refractivity (Wildman–Crippen MR) is 99.6 cm³/mol. The maximum atomic E-state index is 12.7. The fourth-order valence-electron chi connectivity index (χ4n) is 3.06. The lowest BCUT2D eigenvalue weighted by molar-refractivity contribution is 0.161. The Morgan fingerprint density at radius 1 is 1.12 bits per heavy atom. The number of fused-ring (bicyclic) bond motifs is 1. The van der Waals surface area contributed by atoms with Gasteiger partial charge in [0, 0.05) is 14.2 Å². The van der Waals surface area contributed by atoms with Crippen molar-refractivity contribution < 1.29 is 4.74 Å². The Kier molecular flexibility index (Phi) is 5.26. The molecule has 0 fully saturated rings. The normalized spacial score (nSPS) is 13.7. The number of para-hydroxylation sites is 2. The van der Waals surface area contributed by atoms with Gasteiger partial charge in [0.1, 0.15) is 5.69 Å². The number of nitrogens with one attached hydrogen (secondary N) is 1. The minimum atomic E-state index is -0.205. The zero-order valence-electron chi connectivity index (χ0n) is 14.8. The summed E-state index contributed by atoms with van der Waals surface area (Å²) in [4.78, 5) is 17.3. The Labute approximate surface area is 147 Å². The van der Waals surface area contributed by atoms with Gasteiger partial charge < -0.3 is 9.30 Å². The van der Waals surface area contributed by atoms with Crippen LogP contribution in [-0.2, 0) is 11.8 Å². The molecule has 0 unspecified atom stereocenters. The van der Waals surface area contributed by atoms with Crippen molar-refractivity contribution in [3.63, 3.8) is 0 Å². The van der Waals surface area contributed by atoms with Crippen LogP contribution >= 0.6 is 0 Å². The third kappa shape index (κ3) is 3.62. The molecule has 3 aromatic rings. The Morgan fingerprint density at radius 3 is 2.52 bits per heavy atom. The topological polar surface area (TPSA) is 56.1 Å². The summed E-state index contributed by atoms with van der Waals surface area (Å²) in [6.07, 6.45) is 0. The first-order chi connectivity index (χ1) is 12.1. The molecule has 0 aliphatic carbocycles. The minimum absolute atomic E-state index is 0.0147. The average molecular weight is 337 g/mol. The van der Waals surface area contributed by atoms with Gasteiger partial charge in [0.15, 0.2) is 0 Å². The fourth-order valence-corrected chi connectivity index (χ4v) is 3.06. The van der Waals surface area contributed by atoms with Crippen LogP contribution in [0.15, 0.2) is 59.4 Å². The van der Waals surface area contributed by atoms with Crippen molar-refractivity contribution in [3.8, 4) is 0 Å². The number of hydrogen-bond acceptors (Lipinski definition) is 4. The molecule has 5 nitrogen and oxygen atoms in total. The van der Waals surface area contributed by atoms with E-state index in [1.54, 1.807) is 18.7 Å². The van der Waals surface area contributed by atoms with Crippen molar-refractivity contribution in [3.05, 3.63) is 76.2 Å². The van der Waals surface area contributed by atoms with Crippen molar-refractivity contribution in [1.29, 1.82) is 0 Å². The Balaban J connectivity index is 1.94. The summed E-state index contributed by atoms with van der Waals surface area (Å²) in [5.41, 5.74) is 3.20. The molecule has 3 rings (SSSR count). The van der Waals surface area contributed by atoms with E-state index in [4.69, 9.17) is 4.74 Å². The highest BCUT2D eigenvalue weighted by atomic mass is 16.5. The zero-order valence-corrected chi connectivity index (χ0v) is 14.8. The monoisotopic (exact) mass is 337 g/mol. The molecule has 0 saturated carbocycles. The highest BCUT2D eigenvalue weighted by molar-refractivity contribution is 5.74. The molecule has 0 aliphatic rings. The van der Waals surface area contributed by atoms with Crippen LogP contribution in [0.3, 0.4) is 0 Å². The number of rotatable bonds is 6. The summed E-state index contributed by atoms with van der Waals surface area (Å²) in [5, 5.41) is 3.48. The summed E-state index contributed by atoms with van der Waals surface area (Å²) in [6.45, 7) is 2.48. The molecule has 2 atom stereocenters. The van der Waals surface area contributed by atoms with Crippen LogP contribution in [0.1, 0.15) is 30.3 Å². The van der Waals surface area contributed by atoms with Crippen LogP contribution in [-0.4, -0.2) is 23.3 Å². The second-order valence-corrected chi connectivity index (χ2v) is 6.16. The van der Waals surface area contributed by atoms with Gasteiger partial charge in [-0.1, -0.05) is 42.5 Å². The molecular formula is C20H23N3O2. The van der Waals surface area contributed by atoms with Gasteiger partial charge >= 0.3 is 0 Å². The molecule has 1 aromatic heterocycles. The summed E-state index contributed by atoms with van der Waals surface area (Å²) >= 11 is 0. The van der Waals surface area contributed by atoms with E-state index in [1.807, 2.05) is 49.4 Å². The summed E-state index contributed by atoms with van der Waals surface area (Å²) in [5.74, 6) is 0. The van der Waals surface area contributed by atoms with Crippen LogP contribution in [0.4, 0.5) is 0 Å². The van der Waals surface area contributed by atoms with Gasteiger partial charge in [-0.2, -0.15) is 0 Å². The van der Waals surface area contributed by atoms with E-state index in [1.165, 1.54) is 0 Å². The van der Waals surface area contributed by atoms with Crippen LogP contribution in [0.25, 0.3) is 11.0 Å². The minimum Gasteiger partial charge on any atom is -0.383 e. The molecule has 0 saturated heterocycles. The van der Waals surface area contributed by atoms with Crippen molar-refractivity contribution in [2.45, 2.75) is 19.0 Å². The molecule has 0 amide bonds. The largest absolute Gasteiger partial charge is 0.383 e. The van der Waals surface area contributed by atoms with E-state index in [0.717, 1.165) is 16.6 Å². The molecule has 1 N–H and O–H groups in total. The molecule has 130 valence electrons. The Bertz CT molecular complexity index is 906. The van der Waals surface area contributed by atoms with Crippen LogP contribution < -0.4 is 10.9 Å². The first kappa shape index (κ1) is 17.3. The van der Waals surface area contributed by atoms with Gasteiger partial charge in [0.25, 0.3) is 5.56 Å². The molecule has 0 spiro atoms. The fraction of sp³-hybridized carbons (Fsp3) is 0.300. The highest BCUT2D eigenvalue weighted by Gasteiger charge is 2.20. The SMILES string of the molecule is COC[C@@H](N[C@H](C)c1nc2ccccc2n(C)c1=O)c1ccccc1. The molecule has 0 bridgehead atoms. The zero-order chi connectivity index (χ0) is 17.8. The second-order valence-electron chi connectivity index (χ2n) is 6.16. The number of aryl methyl sites for hydroxylation is 1. The summed E-state index contributed by atoms with van der Waals surface area (Å²) < 4.78 is 7.01. The van der Waals surface area contributed by atoms with E-state index in [0.29, 0.717) is 12.3 Å². The van der Waals surface area contributed by atoms with Gasteiger partial charge in [-0.15, -0.1) is 0 Å². The van der Waals surface area contributed by atoms with Crippen LogP contribution in [0.2, 0.25) is 0 Å². The first-order valence-electron chi connectivity index (χ1n) is 8.37. The summed E-state index contributed by atoms with van der Waals surface area (Å²) in [7, 11) is 3.46. The van der Waals surface area contributed by atoms with Crippen molar-refractivity contribution in [2.75, 3.05) is 13.7 Å². The molecule has 1 heterocycles. The maximum Gasteiger partial charge on any atom is 0.274 e. The average Bonchev–Trinajstić information content (AvgIpc) is 2.65. The Hall–Kier alpha value is -2.50. The predicted octanol–water partition coefficient (Wildman–Crippen LogP) is 2.97. The Morgan fingerprint density at radius 2 is 1.80 bits per heavy atom. The maximum absolute atomic E-state index is 12.7. The number of methoxy groups -OCH3 is 1. The molecule has 0 aliphatic heterocycles. The molecular weight excluding hydrogens is 314 g/mol. The third-order valence-electron chi connectivity index (χ3n) is 4.40. The number of benzene rings is 2. The van der Waals surface area contributed by atoms with Crippen LogP contribution in [0, 0.1) is 0 Å². The van der Waals surface area contributed by atoms with Crippen LogP contribution in [0.5, 0.6) is 0 Å². The summed E-state index contributed by atoms with van der Waals surface area (Å²) in [6, 6.07) is 17.5. The van der Waals surface area contributed by atoms with Crippen molar-refractivity contribution in [1.82, 2.24) is 14.9 Å². The number of ether oxygens (including phenoxy) is 1. The second kappa shape index (κ2) is 7.59. The van der Waals surface area contributed by atoms with Crippen molar-refractivity contribution in [2.24, 2.45) is 7.05 Å². The molecule has 0 radical (unpaired) electrons. The smallest absolute Gasteiger partial charge is 0.274 e. The van der Waals surface area contributed by atoms with E-state index in [2.05, 4.69) is 22.4 Å². The number of aromatic nitrogens is 2. The van der Waals surface area contributed by atoms with Gasteiger partial charge in [0.05, 0.1) is 29.7 Å². The molecule has 2 aromatic carbocycles. The lowest BCUT2D eigenvalue weighted by atomic mass is 10.1. The van der Waals surface area contributed by atoms with Gasteiger partial charge in [-0.25, -0.2) is 4.98 Å². The first-order valence-corrected chi connectivity index (χ1v) is 8.37. The molecule has 5 heteroatoms. The number of hydrogen-bond donors (Lipinski definition) is 1. The standard InChI is InChI=1S/C20H23N3O2/c1-14(21-17(13-25-3)15-9-5-4-6-10-15)19-20(24)23(2)18-12-8-7-11-16(18)22-19/h4-12,14,17,21H,13H2,1-3H3/t14-,17-/m1/s1. The van der Waals surface area contributed by atoms with E-state index >= 15 is 0 Å². The third-order valence-corrected chi connectivity index (χ3v) is 4.40. The van der Waals surface area contributed by atoms with Gasteiger partial charge in [-0.3, -0.25) is 10.1 Å². The van der Waals surface area contributed by atoms with E-state index < -0.39 is 0 Å². The van der Waals surface area contributed by atoms with Gasteiger partial charge in [0.2, 0.25) is 0 Å².